The van der Waals surface area contributed by atoms with E-state index in [9.17, 15) is 4.79 Å². The molecule has 3 heteroatoms. The molecule has 1 aromatic rings. The Morgan fingerprint density at radius 2 is 2.11 bits per heavy atom. The van der Waals surface area contributed by atoms with Gasteiger partial charge in [0.1, 0.15) is 0 Å². The summed E-state index contributed by atoms with van der Waals surface area (Å²) in [7, 11) is 0. The summed E-state index contributed by atoms with van der Waals surface area (Å²) in [5.74, 6) is 0.793. The van der Waals surface area contributed by atoms with Crippen LogP contribution in [0.3, 0.4) is 0 Å². The Labute approximate surface area is 117 Å². The highest BCUT2D eigenvalue weighted by Gasteiger charge is 2.23. The van der Waals surface area contributed by atoms with Crippen molar-refractivity contribution in [1.29, 1.82) is 0 Å². The van der Waals surface area contributed by atoms with Crippen LogP contribution in [0, 0.1) is 5.92 Å². The maximum atomic E-state index is 12.4. The molecule has 1 aliphatic rings. The third kappa shape index (κ3) is 3.14. The van der Waals surface area contributed by atoms with Crippen molar-refractivity contribution in [3.63, 3.8) is 0 Å². The zero-order chi connectivity index (χ0) is 13.0. The lowest BCUT2D eigenvalue weighted by molar-refractivity contribution is 0.0686. The highest BCUT2D eigenvalue weighted by atomic mass is 79.9. The number of aryl methyl sites for hydroxylation is 1. The van der Waals surface area contributed by atoms with Gasteiger partial charge in [0.2, 0.25) is 0 Å². The van der Waals surface area contributed by atoms with E-state index in [-0.39, 0.29) is 5.91 Å². The molecule has 1 aromatic carbocycles. The summed E-state index contributed by atoms with van der Waals surface area (Å²) in [6.45, 7) is 3.92. The van der Waals surface area contributed by atoms with E-state index in [1.807, 2.05) is 17.0 Å². The van der Waals surface area contributed by atoms with Gasteiger partial charge in [-0.15, -0.1) is 0 Å². The number of hydrogen-bond acceptors (Lipinski definition) is 1. The molecule has 0 radical (unpaired) electrons. The summed E-state index contributed by atoms with van der Waals surface area (Å²) in [6, 6.07) is 8.02. The molecule has 0 spiro atoms. The summed E-state index contributed by atoms with van der Waals surface area (Å²) in [4.78, 5) is 14.4. The molecule has 0 aromatic heterocycles. The van der Waals surface area contributed by atoms with E-state index in [1.54, 1.807) is 0 Å². The second-order valence-corrected chi connectivity index (χ2v) is 5.61. The number of nitrogens with zero attached hydrogens (tertiary/aromatic N) is 1. The fourth-order valence-corrected chi connectivity index (χ4v) is 2.97. The van der Waals surface area contributed by atoms with Crippen molar-refractivity contribution < 1.29 is 4.79 Å². The van der Waals surface area contributed by atoms with Gasteiger partial charge in [0.05, 0.1) is 0 Å². The van der Waals surface area contributed by atoms with Gasteiger partial charge in [0.25, 0.3) is 5.91 Å². The minimum Gasteiger partial charge on any atom is -0.338 e. The number of hydrogen-bond donors (Lipinski definition) is 0. The lowest BCUT2D eigenvalue weighted by Crippen LogP contribution is -2.40. The smallest absolute Gasteiger partial charge is 0.253 e. The largest absolute Gasteiger partial charge is 0.338 e. The second kappa shape index (κ2) is 6.37. The van der Waals surface area contributed by atoms with Gasteiger partial charge >= 0.3 is 0 Å². The lowest BCUT2D eigenvalue weighted by Gasteiger charge is -2.32. The molecule has 1 aliphatic heterocycles. The minimum absolute atomic E-state index is 0.184. The van der Waals surface area contributed by atoms with Gasteiger partial charge in [-0.05, 0) is 42.9 Å². The number of benzene rings is 1. The van der Waals surface area contributed by atoms with Gasteiger partial charge in [-0.1, -0.05) is 35.0 Å². The van der Waals surface area contributed by atoms with Gasteiger partial charge in [-0.2, -0.15) is 0 Å². The summed E-state index contributed by atoms with van der Waals surface area (Å²) in [6.07, 6.45) is 3.36. The third-order valence-corrected chi connectivity index (χ3v) is 4.55. The number of halogens is 1. The van der Waals surface area contributed by atoms with Crippen molar-refractivity contribution in [2.24, 2.45) is 5.92 Å². The zero-order valence-electron chi connectivity index (χ0n) is 10.9. The Balaban J connectivity index is 2.05. The number of rotatable bonds is 3. The third-order valence-electron chi connectivity index (χ3n) is 3.63. The first-order valence-electron chi connectivity index (χ1n) is 6.68. The summed E-state index contributed by atoms with van der Waals surface area (Å²) in [5.41, 5.74) is 2.10. The molecule has 1 amide bonds. The van der Waals surface area contributed by atoms with Gasteiger partial charge in [0, 0.05) is 24.0 Å². The van der Waals surface area contributed by atoms with Crippen LogP contribution >= 0.6 is 15.9 Å². The fraction of sp³-hybridized carbons (Fsp3) is 0.533. The van der Waals surface area contributed by atoms with Crippen LogP contribution in [0.2, 0.25) is 0 Å². The van der Waals surface area contributed by atoms with Crippen molar-refractivity contribution in [3.05, 3.63) is 35.4 Å². The molecular formula is C15H20BrNO. The number of likely N-dealkylation sites (tertiary alicyclic amines) is 1. The molecule has 0 bridgehead atoms. The maximum absolute atomic E-state index is 12.4. The number of amides is 1. The van der Waals surface area contributed by atoms with E-state index in [0.29, 0.717) is 5.92 Å². The summed E-state index contributed by atoms with van der Waals surface area (Å²) in [5, 5.41) is 0.992. The van der Waals surface area contributed by atoms with E-state index in [2.05, 4.69) is 35.0 Å². The molecule has 18 heavy (non-hydrogen) atoms. The molecule has 1 saturated heterocycles. The molecule has 1 fully saturated rings. The van der Waals surface area contributed by atoms with Crippen molar-refractivity contribution in [2.45, 2.75) is 26.2 Å². The lowest BCUT2D eigenvalue weighted by atomic mass is 9.99. The first-order chi connectivity index (χ1) is 8.74. The van der Waals surface area contributed by atoms with Crippen molar-refractivity contribution in [2.75, 3.05) is 18.4 Å². The molecule has 0 saturated carbocycles. The van der Waals surface area contributed by atoms with Crippen LogP contribution in [0.5, 0.6) is 0 Å². The first-order valence-corrected chi connectivity index (χ1v) is 7.81. The van der Waals surface area contributed by atoms with E-state index in [4.69, 9.17) is 0 Å². The number of piperidine rings is 1. The van der Waals surface area contributed by atoms with Crippen molar-refractivity contribution in [3.8, 4) is 0 Å². The Bertz CT molecular complexity index is 401. The SMILES string of the molecule is CCc1ccc(C(=O)N2CCCC(CBr)C2)cc1. The van der Waals surface area contributed by atoms with Gasteiger partial charge in [-0.3, -0.25) is 4.79 Å². The molecule has 1 heterocycles. The zero-order valence-corrected chi connectivity index (χ0v) is 12.4. The first kappa shape index (κ1) is 13.6. The normalized spacial score (nSPS) is 19.9. The van der Waals surface area contributed by atoms with Gasteiger partial charge in [-0.25, -0.2) is 0 Å². The standard InChI is InChI=1S/C15H20BrNO/c1-2-12-5-7-14(8-6-12)15(18)17-9-3-4-13(10-16)11-17/h5-8,13H,2-4,9-11H2,1H3. The molecule has 2 nitrogen and oxygen atoms in total. The van der Waals surface area contributed by atoms with Gasteiger partial charge in [0.15, 0.2) is 0 Å². The Kier molecular flexibility index (Phi) is 4.81. The highest BCUT2D eigenvalue weighted by molar-refractivity contribution is 9.09. The van der Waals surface area contributed by atoms with Crippen LogP contribution in [-0.4, -0.2) is 29.2 Å². The quantitative estimate of drug-likeness (QED) is 0.783. The summed E-state index contributed by atoms with van der Waals surface area (Å²) >= 11 is 3.52. The van der Waals surface area contributed by atoms with E-state index < -0.39 is 0 Å². The molecule has 1 atom stereocenters. The van der Waals surface area contributed by atoms with Crippen molar-refractivity contribution in [1.82, 2.24) is 4.90 Å². The Morgan fingerprint density at radius 1 is 1.39 bits per heavy atom. The predicted octanol–water partition coefficient (Wildman–Crippen LogP) is 3.50. The van der Waals surface area contributed by atoms with E-state index >= 15 is 0 Å². The fourth-order valence-electron chi connectivity index (χ4n) is 2.44. The van der Waals surface area contributed by atoms with Crippen molar-refractivity contribution >= 4 is 21.8 Å². The van der Waals surface area contributed by atoms with Crippen LogP contribution in [-0.2, 0) is 6.42 Å². The van der Waals surface area contributed by atoms with Crippen LogP contribution < -0.4 is 0 Å². The average molecular weight is 310 g/mol. The molecule has 0 N–H and O–H groups in total. The second-order valence-electron chi connectivity index (χ2n) is 4.96. The summed E-state index contributed by atoms with van der Waals surface area (Å²) < 4.78 is 0. The van der Waals surface area contributed by atoms with Crippen LogP contribution in [0.1, 0.15) is 35.7 Å². The van der Waals surface area contributed by atoms with Crippen LogP contribution in [0.15, 0.2) is 24.3 Å². The molecule has 0 aliphatic carbocycles. The Hall–Kier alpha value is -0.830. The Morgan fingerprint density at radius 3 is 2.72 bits per heavy atom. The maximum Gasteiger partial charge on any atom is 0.253 e. The minimum atomic E-state index is 0.184. The molecular weight excluding hydrogens is 290 g/mol. The molecule has 2 rings (SSSR count). The van der Waals surface area contributed by atoms with Gasteiger partial charge < -0.3 is 4.90 Å². The molecule has 1 unspecified atom stereocenters. The highest BCUT2D eigenvalue weighted by Crippen LogP contribution is 2.20. The van der Waals surface area contributed by atoms with E-state index in [0.717, 1.165) is 36.8 Å². The number of alkyl halides is 1. The number of carbonyl (C=O) groups is 1. The van der Waals surface area contributed by atoms with Crippen LogP contribution in [0.4, 0.5) is 0 Å². The predicted molar refractivity (Wildman–Crippen MR) is 78.2 cm³/mol. The monoisotopic (exact) mass is 309 g/mol. The topological polar surface area (TPSA) is 20.3 Å². The molecule has 98 valence electrons. The van der Waals surface area contributed by atoms with Crippen LogP contribution in [0.25, 0.3) is 0 Å². The number of carbonyl (C=O) groups excluding carboxylic acids is 1. The average Bonchev–Trinajstić information content (AvgIpc) is 2.46. The van der Waals surface area contributed by atoms with E-state index in [1.165, 1.54) is 12.0 Å².